The Bertz CT molecular complexity index is 187. The Balaban J connectivity index is 2.18. The van der Waals surface area contributed by atoms with E-state index in [1.54, 1.807) is 0 Å². The van der Waals surface area contributed by atoms with Crippen molar-refractivity contribution >= 4 is 17.7 Å². The number of nitrogens with two attached hydrogens (primary N) is 1. The number of hydrogen-bond acceptors (Lipinski definition) is 3. The lowest BCUT2D eigenvalue weighted by molar-refractivity contribution is -0.121. The first-order valence-electron chi connectivity index (χ1n) is 5.37. The molecule has 0 heterocycles. The molecular weight excluding hydrogens is 196 g/mol. The lowest BCUT2D eigenvalue weighted by Crippen LogP contribution is -2.34. The van der Waals surface area contributed by atoms with Crippen LogP contribution < -0.4 is 11.1 Å². The third-order valence-electron chi connectivity index (χ3n) is 2.52. The highest BCUT2D eigenvalue weighted by Crippen LogP contribution is 2.29. The molecule has 1 aliphatic rings. The molecule has 1 aliphatic carbocycles. The Labute approximate surface area is 90.2 Å². The van der Waals surface area contributed by atoms with Gasteiger partial charge in [-0.1, -0.05) is 6.92 Å². The number of rotatable bonds is 5. The fraction of sp³-hybridized carbons (Fsp3) is 0.900. The molecule has 0 saturated heterocycles. The highest BCUT2D eigenvalue weighted by molar-refractivity contribution is 7.99. The zero-order valence-corrected chi connectivity index (χ0v) is 9.61. The van der Waals surface area contributed by atoms with Crippen molar-refractivity contribution in [3.63, 3.8) is 0 Å². The van der Waals surface area contributed by atoms with Crippen LogP contribution in [0.2, 0.25) is 0 Å². The second kappa shape index (κ2) is 6.30. The van der Waals surface area contributed by atoms with Gasteiger partial charge in [-0.2, -0.15) is 11.8 Å². The van der Waals surface area contributed by atoms with Gasteiger partial charge in [-0.25, -0.2) is 0 Å². The third kappa shape index (κ3) is 3.88. The zero-order valence-electron chi connectivity index (χ0n) is 8.79. The van der Waals surface area contributed by atoms with Gasteiger partial charge in [0.2, 0.25) is 5.91 Å². The van der Waals surface area contributed by atoms with Crippen molar-refractivity contribution < 1.29 is 4.79 Å². The van der Waals surface area contributed by atoms with Crippen LogP contribution in [0.1, 0.15) is 32.6 Å². The summed E-state index contributed by atoms with van der Waals surface area (Å²) in [5, 5.41) is 3.79. The van der Waals surface area contributed by atoms with Gasteiger partial charge in [-0.05, 0) is 25.0 Å². The van der Waals surface area contributed by atoms with E-state index < -0.39 is 0 Å². The lowest BCUT2D eigenvalue weighted by atomic mass is 10.2. The molecule has 1 rings (SSSR count). The number of thioether (sulfide) groups is 1. The first-order valence-corrected chi connectivity index (χ1v) is 6.42. The second-order valence-electron chi connectivity index (χ2n) is 3.69. The summed E-state index contributed by atoms with van der Waals surface area (Å²) in [5.74, 6) is 1.29. The van der Waals surface area contributed by atoms with Gasteiger partial charge in [0.15, 0.2) is 0 Å². The van der Waals surface area contributed by atoms with Crippen molar-refractivity contribution in [2.24, 2.45) is 5.73 Å². The monoisotopic (exact) mass is 216 g/mol. The van der Waals surface area contributed by atoms with Gasteiger partial charge in [0, 0.05) is 24.3 Å². The molecule has 2 atom stereocenters. The summed E-state index contributed by atoms with van der Waals surface area (Å²) in [6.45, 7) is 2.64. The summed E-state index contributed by atoms with van der Waals surface area (Å²) in [6.07, 6.45) is 3.97. The van der Waals surface area contributed by atoms with Crippen LogP contribution in [0.15, 0.2) is 0 Å². The first-order chi connectivity index (χ1) is 6.76. The lowest BCUT2D eigenvalue weighted by Gasteiger charge is -2.12. The average molecular weight is 216 g/mol. The second-order valence-corrected chi connectivity index (χ2v) is 5.27. The molecule has 0 radical (unpaired) electrons. The SMILES string of the molecule is CCSC1CCC(NC(=O)CCN)C1. The molecule has 0 aromatic carbocycles. The van der Waals surface area contributed by atoms with Crippen LogP contribution in [0, 0.1) is 0 Å². The van der Waals surface area contributed by atoms with Crippen molar-refractivity contribution in [1.82, 2.24) is 5.32 Å². The van der Waals surface area contributed by atoms with E-state index in [1.807, 2.05) is 11.8 Å². The van der Waals surface area contributed by atoms with Crippen LogP contribution in [0.3, 0.4) is 0 Å². The normalized spacial score (nSPS) is 26.4. The summed E-state index contributed by atoms with van der Waals surface area (Å²) in [7, 11) is 0. The quantitative estimate of drug-likeness (QED) is 0.724. The van der Waals surface area contributed by atoms with Crippen LogP contribution >= 0.6 is 11.8 Å². The number of carbonyl (C=O) groups excluding carboxylic acids is 1. The van der Waals surface area contributed by atoms with Gasteiger partial charge < -0.3 is 11.1 Å². The van der Waals surface area contributed by atoms with Crippen LogP contribution in [-0.4, -0.2) is 29.5 Å². The molecule has 3 nitrogen and oxygen atoms in total. The Morgan fingerprint density at radius 3 is 3.00 bits per heavy atom. The summed E-state index contributed by atoms with van der Waals surface area (Å²) in [6, 6.07) is 0.401. The molecule has 82 valence electrons. The van der Waals surface area contributed by atoms with E-state index in [-0.39, 0.29) is 5.91 Å². The maximum Gasteiger partial charge on any atom is 0.221 e. The highest BCUT2D eigenvalue weighted by atomic mass is 32.2. The molecule has 4 heteroatoms. The third-order valence-corrected chi connectivity index (χ3v) is 3.76. The molecule has 0 aliphatic heterocycles. The first kappa shape index (κ1) is 11.9. The molecule has 1 saturated carbocycles. The van der Waals surface area contributed by atoms with Crippen molar-refractivity contribution in [3.8, 4) is 0 Å². The van der Waals surface area contributed by atoms with Crippen molar-refractivity contribution in [1.29, 1.82) is 0 Å². The van der Waals surface area contributed by atoms with Gasteiger partial charge >= 0.3 is 0 Å². The molecule has 0 aromatic heterocycles. The van der Waals surface area contributed by atoms with Crippen LogP contribution in [0.4, 0.5) is 0 Å². The highest BCUT2D eigenvalue weighted by Gasteiger charge is 2.25. The van der Waals surface area contributed by atoms with Crippen molar-refractivity contribution in [3.05, 3.63) is 0 Å². The average Bonchev–Trinajstić information content (AvgIpc) is 2.53. The predicted molar refractivity (Wildman–Crippen MR) is 61.4 cm³/mol. The Hall–Kier alpha value is -0.220. The molecular formula is C10H20N2OS. The minimum Gasteiger partial charge on any atom is -0.353 e. The van der Waals surface area contributed by atoms with Gasteiger partial charge in [0.1, 0.15) is 0 Å². The van der Waals surface area contributed by atoms with Gasteiger partial charge in [0.05, 0.1) is 0 Å². The van der Waals surface area contributed by atoms with Gasteiger partial charge in [-0.15, -0.1) is 0 Å². The summed E-state index contributed by atoms with van der Waals surface area (Å²) >= 11 is 2.01. The molecule has 1 amide bonds. The van der Waals surface area contributed by atoms with Crippen molar-refractivity contribution in [2.45, 2.75) is 43.9 Å². The molecule has 0 spiro atoms. The molecule has 3 N–H and O–H groups in total. The van der Waals surface area contributed by atoms with E-state index >= 15 is 0 Å². The predicted octanol–water partition coefficient (Wildman–Crippen LogP) is 1.13. The van der Waals surface area contributed by atoms with E-state index in [9.17, 15) is 4.79 Å². The minimum absolute atomic E-state index is 0.111. The maximum atomic E-state index is 11.3. The molecule has 2 unspecified atom stereocenters. The minimum atomic E-state index is 0.111. The fourth-order valence-corrected chi connectivity index (χ4v) is 3.03. The molecule has 1 fully saturated rings. The largest absolute Gasteiger partial charge is 0.353 e. The van der Waals surface area contributed by atoms with Gasteiger partial charge in [0.25, 0.3) is 0 Å². The van der Waals surface area contributed by atoms with Crippen LogP contribution in [-0.2, 0) is 4.79 Å². The topological polar surface area (TPSA) is 55.1 Å². The number of amides is 1. The van der Waals surface area contributed by atoms with E-state index in [0.717, 1.165) is 18.1 Å². The summed E-state index contributed by atoms with van der Waals surface area (Å²) in [4.78, 5) is 11.3. The summed E-state index contributed by atoms with van der Waals surface area (Å²) in [5.41, 5.74) is 5.31. The number of carbonyl (C=O) groups is 1. The standard InChI is InChI=1S/C10H20N2OS/c1-2-14-9-4-3-8(7-9)12-10(13)5-6-11/h8-9H,2-7,11H2,1H3,(H,12,13). The van der Waals surface area contributed by atoms with Crippen LogP contribution in [0.25, 0.3) is 0 Å². The van der Waals surface area contributed by atoms with E-state index in [1.165, 1.54) is 12.2 Å². The van der Waals surface area contributed by atoms with Crippen LogP contribution in [0.5, 0.6) is 0 Å². The summed E-state index contributed by atoms with van der Waals surface area (Å²) < 4.78 is 0. The molecule has 0 bridgehead atoms. The van der Waals surface area contributed by atoms with E-state index in [2.05, 4.69) is 12.2 Å². The number of nitrogens with one attached hydrogen (secondary N) is 1. The molecule has 0 aromatic rings. The van der Waals surface area contributed by atoms with Gasteiger partial charge in [-0.3, -0.25) is 4.79 Å². The zero-order chi connectivity index (χ0) is 10.4. The number of hydrogen-bond donors (Lipinski definition) is 2. The molecule has 14 heavy (non-hydrogen) atoms. The fourth-order valence-electron chi connectivity index (χ4n) is 1.89. The Morgan fingerprint density at radius 2 is 2.36 bits per heavy atom. The van der Waals surface area contributed by atoms with E-state index in [4.69, 9.17) is 5.73 Å². The Morgan fingerprint density at radius 1 is 1.57 bits per heavy atom. The Kier molecular flexibility index (Phi) is 5.33. The van der Waals surface area contributed by atoms with E-state index in [0.29, 0.717) is 19.0 Å². The van der Waals surface area contributed by atoms with Crippen molar-refractivity contribution in [2.75, 3.05) is 12.3 Å². The smallest absolute Gasteiger partial charge is 0.221 e. The maximum absolute atomic E-state index is 11.3.